The van der Waals surface area contributed by atoms with Crippen LogP contribution in [0.15, 0.2) is 52.0 Å². The Morgan fingerprint density at radius 3 is 2.54 bits per heavy atom. The Bertz CT molecular complexity index is 936. The smallest absolute Gasteiger partial charge is 0.240 e. The maximum absolute atomic E-state index is 12.5. The number of benzene rings is 1. The molecule has 0 aliphatic carbocycles. The van der Waals surface area contributed by atoms with Crippen LogP contribution in [-0.2, 0) is 26.5 Å². The van der Waals surface area contributed by atoms with E-state index in [1.165, 1.54) is 28.6 Å². The van der Waals surface area contributed by atoms with Gasteiger partial charge in [0.1, 0.15) is 5.76 Å². The van der Waals surface area contributed by atoms with E-state index < -0.39 is 20.0 Å². The summed E-state index contributed by atoms with van der Waals surface area (Å²) >= 11 is 0. The van der Waals surface area contributed by atoms with Gasteiger partial charge in [0, 0.05) is 19.0 Å². The number of rotatable bonds is 6. The summed E-state index contributed by atoms with van der Waals surface area (Å²) in [4.78, 5) is 0.0990. The minimum atomic E-state index is -3.70. The van der Waals surface area contributed by atoms with Gasteiger partial charge in [-0.3, -0.25) is 4.31 Å². The normalized spacial score (nSPS) is 18.6. The summed E-state index contributed by atoms with van der Waals surface area (Å²) in [5.74, 6) is 0.824. The van der Waals surface area contributed by atoms with E-state index in [1.807, 2.05) is 0 Å². The highest BCUT2D eigenvalue weighted by Gasteiger charge is 2.26. The molecule has 2 aromatic rings. The summed E-state index contributed by atoms with van der Waals surface area (Å²) in [5, 5.41) is 0. The Labute approximate surface area is 154 Å². The highest BCUT2D eigenvalue weighted by Crippen LogP contribution is 2.25. The molecule has 142 valence electrons. The molecule has 3 rings (SSSR count). The number of nitrogens with one attached hydrogen (secondary N) is 1. The van der Waals surface area contributed by atoms with Gasteiger partial charge in [-0.1, -0.05) is 0 Å². The van der Waals surface area contributed by atoms with Gasteiger partial charge in [0.05, 0.1) is 22.6 Å². The van der Waals surface area contributed by atoms with Crippen molar-refractivity contribution in [1.82, 2.24) is 4.72 Å². The molecule has 1 atom stereocenters. The quantitative estimate of drug-likeness (QED) is 0.804. The Hall–Kier alpha value is -1.84. The molecule has 9 heteroatoms. The summed E-state index contributed by atoms with van der Waals surface area (Å²) < 4.78 is 58.5. The van der Waals surface area contributed by atoms with Gasteiger partial charge in [-0.25, -0.2) is 21.6 Å². The molecule has 0 radical (unpaired) electrons. The zero-order chi connectivity index (χ0) is 18.8. The topological polar surface area (TPSA) is 96.7 Å². The predicted molar refractivity (Wildman–Crippen MR) is 99.0 cm³/mol. The van der Waals surface area contributed by atoms with E-state index in [2.05, 4.69) is 4.72 Å². The maximum atomic E-state index is 12.5. The molecule has 0 spiro atoms. The van der Waals surface area contributed by atoms with Gasteiger partial charge < -0.3 is 4.42 Å². The van der Waals surface area contributed by atoms with Crippen molar-refractivity contribution in [3.05, 3.63) is 48.4 Å². The van der Waals surface area contributed by atoms with E-state index in [0.29, 0.717) is 30.8 Å². The number of sulfonamides is 2. The molecule has 1 N–H and O–H groups in total. The first-order valence-corrected chi connectivity index (χ1v) is 11.5. The predicted octanol–water partition coefficient (Wildman–Crippen LogP) is 2.12. The molecule has 7 nitrogen and oxygen atoms in total. The second-order valence-electron chi connectivity index (χ2n) is 6.39. The molecular formula is C17H22N2O5S2. The molecule has 2 heterocycles. The summed E-state index contributed by atoms with van der Waals surface area (Å²) in [6.45, 7) is 2.18. The molecule has 1 aliphatic rings. The van der Waals surface area contributed by atoms with Crippen molar-refractivity contribution in [3.8, 4) is 0 Å². The fourth-order valence-corrected chi connectivity index (χ4v) is 5.86. The number of hydrogen-bond acceptors (Lipinski definition) is 5. The molecular weight excluding hydrogens is 376 g/mol. The van der Waals surface area contributed by atoms with E-state index in [-0.39, 0.29) is 16.7 Å². The third-order valence-corrected chi connectivity index (χ3v) is 7.70. The van der Waals surface area contributed by atoms with Gasteiger partial charge in [-0.15, -0.1) is 0 Å². The number of hydrogen-bond donors (Lipinski definition) is 1. The zero-order valence-electron chi connectivity index (χ0n) is 14.5. The van der Waals surface area contributed by atoms with Gasteiger partial charge in [-0.2, -0.15) is 0 Å². The second kappa shape index (κ2) is 7.42. The van der Waals surface area contributed by atoms with Crippen molar-refractivity contribution in [2.24, 2.45) is 0 Å². The molecule has 1 aliphatic heterocycles. The van der Waals surface area contributed by atoms with Crippen LogP contribution in [0.5, 0.6) is 0 Å². The third kappa shape index (κ3) is 4.28. The first-order chi connectivity index (χ1) is 12.3. The first kappa shape index (κ1) is 18.9. The van der Waals surface area contributed by atoms with Crippen molar-refractivity contribution < 1.29 is 21.3 Å². The van der Waals surface area contributed by atoms with Gasteiger partial charge >= 0.3 is 0 Å². The van der Waals surface area contributed by atoms with E-state index in [9.17, 15) is 16.8 Å². The third-order valence-electron chi connectivity index (χ3n) is 4.23. The van der Waals surface area contributed by atoms with Crippen LogP contribution in [-0.4, -0.2) is 35.2 Å². The molecule has 1 saturated heterocycles. The molecule has 26 heavy (non-hydrogen) atoms. The van der Waals surface area contributed by atoms with Crippen LogP contribution in [0.2, 0.25) is 0 Å². The van der Waals surface area contributed by atoms with E-state index >= 15 is 0 Å². The van der Waals surface area contributed by atoms with E-state index in [1.54, 1.807) is 25.3 Å². The molecule has 0 amide bonds. The van der Waals surface area contributed by atoms with Crippen LogP contribution >= 0.6 is 0 Å². The first-order valence-electron chi connectivity index (χ1n) is 8.43. The fourth-order valence-electron chi connectivity index (χ4n) is 2.98. The average molecular weight is 399 g/mol. The molecule has 1 aromatic carbocycles. The molecule has 1 fully saturated rings. The van der Waals surface area contributed by atoms with Gasteiger partial charge in [0.25, 0.3) is 0 Å². The average Bonchev–Trinajstić information content (AvgIpc) is 3.07. The van der Waals surface area contributed by atoms with Crippen molar-refractivity contribution in [3.63, 3.8) is 0 Å². The van der Waals surface area contributed by atoms with Gasteiger partial charge in [0.2, 0.25) is 20.0 Å². The maximum Gasteiger partial charge on any atom is 0.240 e. The highest BCUT2D eigenvalue weighted by molar-refractivity contribution is 7.92. The summed E-state index contributed by atoms with van der Waals surface area (Å²) in [7, 11) is -7.01. The Balaban J connectivity index is 1.72. The summed E-state index contributed by atoms with van der Waals surface area (Å²) in [6.07, 6.45) is 3.44. The largest absolute Gasteiger partial charge is 0.469 e. The monoisotopic (exact) mass is 398 g/mol. The van der Waals surface area contributed by atoms with Crippen LogP contribution in [0.3, 0.4) is 0 Å². The Morgan fingerprint density at radius 1 is 1.19 bits per heavy atom. The highest BCUT2D eigenvalue weighted by atomic mass is 32.2. The van der Waals surface area contributed by atoms with Crippen LogP contribution in [0, 0.1) is 0 Å². The van der Waals surface area contributed by atoms with Crippen LogP contribution < -0.4 is 9.03 Å². The van der Waals surface area contributed by atoms with E-state index in [0.717, 1.165) is 6.42 Å². The van der Waals surface area contributed by atoms with Crippen molar-refractivity contribution in [1.29, 1.82) is 0 Å². The van der Waals surface area contributed by atoms with Gasteiger partial charge in [-0.05, 0) is 56.2 Å². The van der Waals surface area contributed by atoms with Crippen LogP contribution in [0.25, 0.3) is 0 Å². The van der Waals surface area contributed by atoms with Crippen molar-refractivity contribution in [2.75, 3.05) is 16.6 Å². The van der Waals surface area contributed by atoms with Crippen LogP contribution in [0.4, 0.5) is 5.69 Å². The van der Waals surface area contributed by atoms with E-state index in [4.69, 9.17) is 4.42 Å². The number of furan rings is 1. The Morgan fingerprint density at radius 2 is 1.92 bits per heavy atom. The second-order valence-corrected chi connectivity index (χ2v) is 10.1. The minimum absolute atomic E-state index is 0.0990. The summed E-state index contributed by atoms with van der Waals surface area (Å²) in [5.41, 5.74) is 0.493. The lowest BCUT2D eigenvalue weighted by molar-refractivity contribution is 0.479. The lowest BCUT2D eigenvalue weighted by atomic mass is 10.2. The SMILES string of the molecule is CC(Cc1ccco1)NS(=O)(=O)c1ccc(N2CCCCS2(=O)=O)cc1. The lowest BCUT2D eigenvalue weighted by Crippen LogP contribution is -2.38. The fraction of sp³-hybridized carbons (Fsp3) is 0.412. The molecule has 0 bridgehead atoms. The summed E-state index contributed by atoms with van der Waals surface area (Å²) in [6, 6.07) is 9.14. The van der Waals surface area contributed by atoms with Gasteiger partial charge in [0.15, 0.2) is 0 Å². The standard InChI is InChI=1S/C17H22N2O5S2/c1-14(13-16-5-4-11-24-16)18-26(22,23)17-8-6-15(7-9-17)19-10-2-3-12-25(19,20)21/h4-9,11,14,18H,2-3,10,12-13H2,1H3. The Kier molecular flexibility index (Phi) is 5.40. The van der Waals surface area contributed by atoms with Crippen LogP contribution in [0.1, 0.15) is 25.5 Å². The minimum Gasteiger partial charge on any atom is -0.469 e. The molecule has 1 aromatic heterocycles. The molecule has 1 unspecified atom stereocenters. The number of anilines is 1. The number of nitrogens with zero attached hydrogens (tertiary/aromatic N) is 1. The van der Waals surface area contributed by atoms with Crippen molar-refractivity contribution >= 4 is 25.7 Å². The molecule has 0 saturated carbocycles. The lowest BCUT2D eigenvalue weighted by Gasteiger charge is -2.28. The van der Waals surface area contributed by atoms with Crippen molar-refractivity contribution in [2.45, 2.75) is 37.1 Å². The zero-order valence-corrected chi connectivity index (χ0v) is 16.1.